The summed E-state index contributed by atoms with van der Waals surface area (Å²) in [6.07, 6.45) is -0.745. The predicted molar refractivity (Wildman–Crippen MR) is 52.5 cm³/mol. The number of rotatable bonds is 5. The van der Waals surface area contributed by atoms with Crippen molar-refractivity contribution in [3.63, 3.8) is 0 Å². The fourth-order valence-electron chi connectivity index (χ4n) is 1.15. The van der Waals surface area contributed by atoms with Gasteiger partial charge in [0, 0.05) is 13.1 Å². The predicted octanol–water partition coefficient (Wildman–Crippen LogP) is 0.360. The Balaban J connectivity index is 2.86. The van der Waals surface area contributed by atoms with Gasteiger partial charge in [-0.2, -0.15) is 0 Å². The van der Waals surface area contributed by atoms with Gasteiger partial charge in [0.2, 0.25) is 5.88 Å². The van der Waals surface area contributed by atoms with E-state index < -0.39 is 18.0 Å². The second-order valence-corrected chi connectivity index (χ2v) is 3.15. The standard InChI is InChI=1S/C9H12N2O5/c1-3-6(9(14)15)16-7-4-5(8(12)13)11(2)10-7/h4,6H,3H2,1-2H3,(H,12,13)(H,14,15). The molecule has 1 rings (SSSR count). The molecule has 7 nitrogen and oxygen atoms in total. The number of hydrogen-bond acceptors (Lipinski definition) is 4. The molecule has 0 saturated heterocycles. The summed E-state index contributed by atoms with van der Waals surface area (Å²) in [6.45, 7) is 1.65. The molecule has 0 spiro atoms. The van der Waals surface area contributed by atoms with E-state index in [4.69, 9.17) is 14.9 Å². The van der Waals surface area contributed by atoms with Crippen LogP contribution in [-0.2, 0) is 11.8 Å². The Kier molecular flexibility index (Phi) is 3.49. The summed E-state index contributed by atoms with van der Waals surface area (Å²) in [7, 11) is 1.44. The highest BCUT2D eigenvalue weighted by Gasteiger charge is 2.20. The smallest absolute Gasteiger partial charge is 0.354 e. The van der Waals surface area contributed by atoms with Crippen LogP contribution in [0.15, 0.2) is 6.07 Å². The number of carbonyl (C=O) groups is 2. The number of aliphatic carboxylic acids is 1. The number of carboxylic acid groups (broad SMARTS) is 2. The number of carboxylic acids is 2. The van der Waals surface area contributed by atoms with Crippen molar-refractivity contribution in [3.05, 3.63) is 11.8 Å². The first-order valence-electron chi connectivity index (χ1n) is 4.62. The molecule has 0 aliphatic rings. The van der Waals surface area contributed by atoms with Crippen molar-refractivity contribution in [2.45, 2.75) is 19.4 Å². The summed E-state index contributed by atoms with van der Waals surface area (Å²) in [4.78, 5) is 21.4. The average molecular weight is 228 g/mol. The number of aromatic nitrogens is 2. The van der Waals surface area contributed by atoms with Crippen molar-refractivity contribution < 1.29 is 24.5 Å². The zero-order valence-electron chi connectivity index (χ0n) is 8.88. The van der Waals surface area contributed by atoms with Crippen molar-refractivity contribution in [2.24, 2.45) is 7.05 Å². The van der Waals surface area contributed by atoms with Crippen LogP contribution < -0.4 is 4.74 Å². The van der Waals surface area contributed by atoms with Gasteiger partial charge in [-0.15, -0.1) is 5.10 Å². The lowest BCUT2D eigenvalue weighted by atomic mass is 10.3. The van der Waals surface area contributed by atoms with Gasteiger partial charge < -0.3 is 14.9 Å². The number of aryl methyl sites for hydroxylation is 1. The maximum atomic E-state index is 10.7. The quantitative estimate of drug-likeness (QED) is 0.754. The molecule has 88 valence electrons. The van der Waals surface area contributed by atoms with Crippen molar-refractivity contribution in [2.75, 3.05) is 0 Å². The van der Waals surface area contributed by atoms with Crippen LogP contribution in [0.4, 0.5) is 0 Å². The first kappa shape index (κ1) is 12.0. The van der Waals surface area contributed by atoms with Crippen molar-refractivity contribution in [3.8, 4) is 5.88 Å². The minimum absolute atomic E-state index is 0.00542. The van der Waals surface area contributed by atoms with Crippen LogP contribution in [0, 0.1) is 0 Å². The summed E-state index contributed by atoms with van der Waals surface area (Å²) in [5.74, 6) is -2.26. The molecule has 0 aliphatic heterocycles. The van der Waals surface area contributed by atoms with Crippen LogP contribution in [-0.4, -0.2) is 38.0 Å². The third-order valence-electron chi connectivity index (χ3n) is 1.99. The molecule has 0 bridgehead atoms. The second kappa shape index (κ2) is 4.65. The molecule has 1 aromatic heterocycles. The molecule has 0 aliphatic carbocycles. The fraction of sp³-hybridized carbons (Fsp3) is 0.444. The van der Waals surface area contributed by atoms with Crippen molar-refractivity contribution in [1.29, 1.82) is 0 Å². The van der Waals surface area contributed by atoms with Crippen molar-refractivity contribution >= 4 is 11.9 Å². The van der Waals surface area contributed by atoms with Crippen LogP contribution in [0.2, 0.25) is 0 Å². The highest BCUT2D eigenvalue weighted by Crippen LogP contribution is 2.13. The zero-order valence-corrected chi connectivity index (χ0v) is 8.88. The SMILES string of the molecule is CCC(Oc1cc(C(=O)O)n(C)n1)C(=O)O. The van der Waals surface area contributed by atoms with Gasteiger partial charge in [0.1, 0.15) is 5.69 Å². The number of ether oxygens (including phenoxy) is 1. The van der Waals surface area contributed by atoms with E-state index >= 15 is 0 Å². The fourth-order valence-corrected chi connectivity index (χ4v) is 1.15. The summed E-state index contributed by atoms with van der Waals surface area (Å²) < 4.78 is 6.16. The van der Waals surface area contributed by atoms with Crippen LogP contribution in [0.1, 0.15) is 23.8 Å². The van der Waals surface area contributed by atoms with Gasteiger partial charge in [-0.1, -0.05) is 6.92 Å². The Morgan fingerprint density at radius 2 is 2.19 bits per heavy atom. The van der Waals surface area contributed by atoms with Crippen LogP contribution >= 0.6 is 0 Å². The molecule has 1 heterocycles. The Labute approximate surface area is 91.3 Å². The summed E-state index contributed by atoms with van der Waals surface area (Å²) in [5, 5.41) is 21.2. The van der Waals surface area contributed by atoms with E-state index in [9.17, 15) is 9.59 Å². The van der Waals surface area contributed by atoms with E-state index in [-0.39, 0.29) is 18.0 Å². The lowest BCUT2D eigenvalue weighted by molar-refractivity contribution is -0.145. The van der Waals surface area contributed by atoms with Gasteiger partial charge in [-0.05, 0) is 6.42 Å². The number of hydrogen-bond donors (Lipinski definition) is 2. The van der Waals surface area contributed by atoms with E-state index in [0.29, 0.717) is 0 Å². The maximum Gasteiger partial charge on any atom is 0.354 e. The van der Waals surface area contributed by atoms with Crippen molar-refractivity contribution in [1.82, 2.24) is 9.78 Å². The number of aromatic carboxylic acids is 1. The Morgan fingerprint density at radius 1 is 1.56 bits per heavy atom. The second-order valence-electron chi connectivity index (χ2n) is 3.15. The molecule has 1 unspecified atom stereocenters. The molecule has 2 N–H and O–H groups in total. The maximum absolute atomic E-state index is 10.7. The molecule has 0 aromatic carbocycles. The Morgan fingerprint density at radius 3 is 2.56 bits per heavy atom. The molecule has 1 atom stereocenters. The first-order valence-corrected chi connectivity index (χ1v) is 4.62. The third kappa shape index (κ3) is 2.50. The summed E-state index contributed by atoms with van der Waals surface area (Å²) in [5.41, 5.74) is -0.0600. The molecule has 7 heteroatoms. The highest BCUT2D eigenvalue weighted by atomic mass is 16.5. The molecular formula is C9H12N2O5. The van der Waals surface area contributed by atoms with E-state index in [0.717, 1.165) is 4.68 Å². The molecule has 16 heavy (non-hydrogen) atoms. The molecule has 0 radical (unpaired) electrons. The van der Waals surface area contributed by atoms with Crippen LogP contribution in [0.25, 0.3) is 0 Å². The van der Waals surface area contributed by atoms with Gasteiger partial charge in [0.15, 0.2) is 6.10 Å². The van der Waals surface area contributed by atoms with E-state index in [2.05, 4.69) is 5.10 Å². The minimum atomic E-state index is -1.15. The lowest BCUT2D eigenvalue weighted by Crippen LogP contribution is -2.26. The van der Waals surface area contributed by atoms with E-state index in [1.54, 1.807) is 6.92 Å². The molecular weight excluding hydrogens is 216 g/mol. The third-order valence-corrected chi connectivity index (χ3v) is 1.99. The zero-order chi connectivity index (χ0) is 12.3. The molecule has 1 aromatic rings. The van der Waals surface area contributed by atoms with Gasteiger partial charge in [-0.25, -0.2) is 9.59 Å². The Bertz CT molecular complexity index is 412. The van der Waals surface area contributed by atoms with Gasteiger partial charge in [-0.3, -0.25) is 4.68 Å². The summed E-state index contributed by atoms with van der Waals surface area (Å²) >= 11 is 0. The summed E-state index contributed by atoms with van der Waals surface area (Å²) in [6, 6.07) is 1.19. The monoisotopic (exact) mass is 228 g/mol. The van der Waals surface area contributed by atoms with E-state index in [1.807, 2.05) is 0 Å². The Hall–Kier alpha value is -2.05. The minimum Gasteiger partial charge on any atom is -0.479 e. The molecule has 0 amide bonds. The number of nitrogens with zero attached hydrogens (tertiary/aromatic N) is 2. The highest BCUT2D eigenvalue weighted by molar-refractivity contribution is 5.86. The normalized spacial score (nSPS) is 12.1. The van der Waals surface area contributed by atoms with Gasteiger partial charge >= 0.3 is 11.9 Å². The molecule has 0 fully saturated rings. The average Bonchev–Trinajstić information content (AvgIpc) is 2.55. The van der Waals surface area contributed by atoms with Crippen LogP contribution in [0.5, 0.6) is 5.88 Å². The first-order chi connectivity index (χ1) is 7.45. The molecule has 0 saturated carbocycles. The van der Waals surface area contributed by atoms with Gasteiger partial charge in [0.05, 0.1) is 0 Å². The van der Waals surface area contributed by atoms with E-state index in [1.165, 1.54) is 13.1 Å². The van der Waals surface area contributed by atoms with Gasteiger partial charge in [0.25, 0.3) is 0 Å². The van der Waals surface area contributed by atoms with Crippen LogP contribution in [0.3, 0.4) is 0 Å². The lowest BCUT2D eigenvalue weighted by Gasteiger charge is -2.09. The topological polar surface area (TPSA) is 102 Å². The largest absolute Gasteiger partial charge is 0.479 e.